The van der Waals surface area contributed by atoms with Gasteiger partial charge in [-0.25, -0.2) is 0 Å². The second-order valence-electron chi connectivity index (χ2n) is 3.00. The van der Waals surface area contributed by atoms with Gasteiger partial charge in [-0.3, -0.25) is 4.79 Å². The Balaban J connectivity index is 3.28. The van der Waals surface area contributed by atoms with Gasteiger partial charge in [-0.05, 0) is 6.42 Å². The van der Waals surface area contributed by atoms with Crippen molar-refractivity contribution < 1.29 is 19.7 Å². The number of carbonyl (C=O) groups is 1. The van der Waals surface area contributed by atoms with Crippen molar-refractivity contribution >= 4 is 5.91 Å². The van der Waals surface area contributed by atoms with E-state index in [-0.39, 0.29) is 25.5 Å². The first kappa shape index (κ1) is 13.4. The number of ether oxygens (including phenoxy) is 1. The zero-order chi connectivity index (χ0) is 10.8. The third kappa shape index (κ3) is 7.97. The first-order valence-corrected chi connectivity index (χ1v) is 4.84. The molecule has 0 aliphatic carbocycles. The molecule has 1 amide bonds. The first-order valence-electron chi connectivity index (χ1n) is 4.84. The monoisotopic (exact) mass is 205 g/mol. The molecule has 0 bridgehead atoms. The molecule has 5 nitrogen and oxygen atoms in total. The molecule has 0 aromatic rings. The molecule has 0 aliphatic rings. The Hall–Kier alpha value is -0.650. The number of rotatable bonds is 8. The highest BCUT2D eigenvalue weighted by molar-refractivity contribution is 5.75. The van der Waals surface area contributed by atoms with Crippen LogP contribution in [0.4, 0.5) is 0 Å². The Morgan fingerprint density at radius 2 is 2.21 bits per heavy atom. The van der Waals surface area contributed by atoms with Gasteiger partial charge in [0.25, 0.3) is 0 Å². The molecule has 14 heavy (non-hydrogen) atoms. The van der Waals surface area contributed by atoms with Gasteiger partial charge in [0.15, 0.2) is 0 Å². The summed E-state index contributed by atoms with van der Waals surface area (Å²) in [5.41, 5.74) is 0. The molecule has 0 aromatic carbocycles. The molecule has 1 atom stereocenters. The van der Waals surface area contributed by atoms with Gasteiger partial charge in [0, 0.05) is 19.6 Å². The van der Waals surface area contributed by atoms with Gasteiger partial charge in [0.2, 0.25) is 5.91 Å². The summed E-state index contributed by atoms with van der Waals surface area (Å²) in [5.74, 6) is -0.173. The molecule has 0 saturated heterocycles. The minimum absolute atomic E-state index is 0.0864. The van der Waals surface area contributed by atoms with Crippen LogP contribution in [0.2, 0.25) is 0 Å². The molecule has 1 unspecified atom stereocenters. The number of aliphatic hydroxyl groups excluding tert-OH is 2. The van der Waals surface area contributed by atoms with Gasteiger partial charge >= 0.3 is 0 Å². The Bertz CT molecular complexity index is 152. The largest absolute Gasteiger partial charge is 0.394 e. The van der Waals surface area contributed by atoms with Crippen LogP contribution in [0.25, 0.3) is 0 Å². The minimum Gasteiger partial charge on any atom is -0.394 e. The van der Waals surface area contributed by atoms with Gasteiger partial charge in [0.1, 0.15) is 0 Å². The van der Waals surface area contributed by atoms with Crippen LogP contribution < -0.4 is 5.32 Å². The van der Waals surface area contributed by atoms with Crippen molar-refractivity contribution in [3.05, 3.63) is 0 Å². The Kier molecular flexibility index (Phi) is 8.51. The highest BCUT2D eigenvalue weighted by atomic mass is 16.5. The van der Waals surface area contributed by atoms with Crippen molar-refractivity contribution in [3.8, 4) is 0 Å². The van der Waals surface area contributed by atoms with E-state index >= 15 is 0 Å². The third-order valence-corrected chi connectivity index (χ3v) is 1.57. The second-order valence-corrected chi connectivity index (χ2v) is 3.00. The van der Waals surface area contributed by atoms with Crippen LogP contribution in [0.3, 0.4) is 0 Å². The average Bonchev–Trinajstić information content (AvgIpc) is 2.21. The van der Waals surface area contributed by atoms with E-state index in [9.17, 15) is 4.79 Å². The van der Waals surface area contributed by atoms with Gasteiger partial charge in [-0.1, -0.05) is 6.92 Å². The van der Waals surface area contributed by atoms with Crippen molar-refractivity contribution in [2.45, 2.75) is 25.9 Å². The van der Waals surface area contributed by atoms with E-state index in [0.29, 0.717) is 13.2 Å². The van der Waals surface area contributed by atoms with E-state index in [1.807, 2.05) is 6.92 Å². The van der Waals surface area contributed by atoms with Crippen LogP contribution in [0.5, 0.6) is 0 Å². The fraction of sp³-hybridized carbons (Fsp3) is 0.889. The maximum absolute atomic E-state index is 11.0. The summed E-state index contributed by atoms with van der Waals surface area (Å²) in [5, 5.41) is 19.9. The molecule has 3 N–H and O–H groups in total. The molecule has 0 fully saturated rings. The fourth-order valence-corrected chi connectivity index (χ4v) is 0.796. The smallest absolute Gasteiger partial charge is 0.222 e. The summed E-state index contributed by atoms with van der Waals surface area (Å²) in [4.78, 5) is 11.0. The van der Waals surface area contributed by atoms with Crippen LogP contribution in [0.15, 0.2) is 0 Å². The van der Waals surface area contributed by atoms with E-state index in [1.54, 1.807) is 0 Å². The molecule has 0 rings (SSSR count). The quantitative estimate of drug-likeness (QED) is 0.457. The van der Waals surface area contributed by atoms with E-state index in [1.165, 1.54) is 0 Å². The highest BCUT2D eigenvalue weighted by Crippen LogP contribution is 1.86. The lowest BCUT2D eigenvalue weighted by Gasteiger charge is -2.08. The molecular formula is C9H19NO4. The van der Waals surface area contributed by atoms with Crippen LogP contribution in [0.1, 0.15) is 19.8 Å². The van der Waals surface area contributed by atoms with E-state index < -0.39 is 6.10 Å². The van der Waals surface area contributed by atoms with Crippen molar-refractivity contribution in [3.63, 3.8) is 0 Å². The topological polar surface area (TPSA) is 78.8 Å². The number of nitrogens with one attached hydrogen (secondary N) is 1. The van der Waals surface area contributed by atoms with Gasteiger partial charge in [-0.2, -0.15) is 0 Å². The SMILES string of the molecule is CCCOCCC(=O)NCC(O)CO. The highest BCUT2D eigenvalue weighted by Gasteiger charge is 2.04. The number of amides is 1. The van der Waals surface area contributed by atoms with E-state index in [2.05, 4.69) is 5.32 Å². The molecule has 0 heterocycles. The lowest BCUT2D eigenvalue weighted by atomic mass is 10.3. The molecule has 0 saturated carbocycles. The van der Waals surface area contributed by atoms with Crippen molar-refractivity contribution in [1.82, 2.24) is 5.32 Å². The maximum Gasteiger partial charge on any atom is 0.222 e. The fourth-order valence-electron chi connectivity index (χ4n) is 0.796. The van der Waals surface area contributed by atoms with Gasteiger partial charge in [-0.15, -0.1) is 0 Å². The van der Waals surface area contributed by atoms with Crippen LogP contribution in [-0.2, 0) is 9.53 Å². The summed E-state index contributed by atoms with van der Waals surface area (Å²) < 4.78 is 5.11. The molecule has 0 aliphatic heterocycles. The minimum atomic E-state index is -0.879. The van der Waals surface area contributed by atoms with Crippen molar-refractivity contribution in [1.29, 1.82) is 0 Å². The molecule has 0 radical (unpaired) electrons. The molecule has 0 aromatic heterocycles. The lowest BCUT2D eigenvalue weighted by Crippen LogP contribution is -2.34. The Labute approximate surface area is 84.1 Å². The summed E-state index contributed by atoms with van der Waals surface area (Å²) in [6.45, 7) is 2.80. The number of aliphatic hydroxyl groups is 2. The average molecular weight is 205 g/mol. The van der Waals surface area contributed by atoms with Gasteiger partial charge < -0.3 is 20.3 Å². The molecule has 5 heteroatoms. The standard InChI is InChI=1S/C9H19NO4/c1-2-4-14-5-3-9(13)10-6-8(12)7-11/h8,11-12H,2-7H2,1H3,(H,10,13). The van der Waals surface area contributed by atoms with E-state index in [0.717, 1.165) is 6.42 Å². The number of carbonyl (C=O) groups excluding carboxylic acids is 1. The van der Waals surface area contributed by atoms with Crippen LogP contribution >= 0.6 is 0 Å². The number of hydrogen-bond donors (Lipinski definition) is 3. The summed E-state index contributed by atoms with van der Waals surface area (Å²) >= 11 is 0. The van der Waals surface area contributed by atoms with Crippen molar-refractivity contribution in [2.24, 2.45) is 0 Å². The lowest BCUT2D eigenvalue weighted by molar-refractivity contribution is -0.122. The molecule has 84 valence electrons. The maximum atomic E-state index is 11.0. The number of hydrogen-bond acceptors (Lipinski definition) is 4. The Morgan fingerprint density at radius 1 is 1.50 bits per heavy atom. The normalized spacial score (nSPS) is 12.5. The summed E-state index contributed by atoms with van der Waals surface area (Å²) in [7, 11) is 0. The Morgan fingerprint density at radius 3 is 2.79 bits per heavy atom. The van der Waals surface area contributed by atoms with Crippen molar-refractivity contribution in [2.75, 3.05) is 26.4 Å². The summed E-state index contributed by atoms with van der Waals surface area (Å²) in [6.07, 6.45) is 0.346. The van der Waals surface area contributed by atoms with Gasteiger partial charge in [0.05, 0.1) is 19.3 Å². The zero-order valence-electron chi connectivity index (χ0n) is 8.53. The van der Waals surface area contributed by atoms with Crippen LogP contribution in [0, 0.1) is 0 Å². The third-order valence-electron chi connectivity index (χ3n) is 1.57. The zero-order valence-corrected chi connectivity index (χ0v) is 8.53. The predicted octanol–water partition coefficient (Wildman–Crippen LogP) is -0.727. The predicted molar refractivity (Wildman–Crippen MR) is 51.8 cm³/mol. The molecular weight excluding hydrogens is 186 g/mol. The van der Waals surface area contributed by atoms with E-state index in [4.69, 9.17) is 14.9 Å². The first-order chi connectivity index (χ1) is 6.70. The summed E-state index contributed by atoms with van der Waals surface area (Å²) in [6, 6.07) is 0. The molecule has 0 spiro atoms. The second kappa shape index (κ2) is 8.93. The van der Waals surface area contributed by atoms with Crippen LogP contribution in [-0.4, -0.2) is 48.6 Å².